The van der Waals surface area contributed by atoms with Crippen molar-refractivity contribution in [3.05, 3.63) is 60.6 Å². The van der Waals surface area contributed by atoms with Crippen LogP contribution < -0.4 is 0 Å². The van der Waals surface area contributed by atoms with E-state index in [1.54, 1.807) is 12.3 Å². The number of hydrogen-bond donors (Lipinski definition) is 0. The first kappa shape index (κ1) is 8.60. The van der Waals surface area contributed by atoms with Crippen molar-refractivity contribution in [1.82, 2.24) is 0 Å². The molecular weight excluding hydrogens is 148 g/mol. The van der Waals surface area contributed by atoms with Gasteiger partial charge in [-0.25, -0.2) is 0 Å². The Labute approximate surface area is 73.0 Å². The van der Waals surface area contributed by atoms with Crippen molar-refractivity contribution in [2.24, 2.45) is 0 Å². The number of hydrogen-bond acceptors (Lipinski definition) is 1. The molecule has 1 rings (SSSR count). The highest BCUT2D eigenvalue weighted by Gasteiger charge is 2.07. The molecule has 0 saturated carbocycles. The van der Waals surface area contributed by atoms with Gasteiger partial charge in [0.2, 0.25) is 0 Å². The lowest BCUT2D eigenvalue weighted by atomic mass is 10.0. The summed E-state index contributed by atoms with van der Waals surface area (Å²) in [5, 5.41) is 0. The van der Waals surface area contributed by atoms with E-state index < -0.39 is 0 Å². The molecule has 62 valence electrons. The predicted molar refractivity (Wildman–Crippen MR) is 51.4 cm³/mol. The Morgan fingerprint density at radius 3 is 2.83 bits per heavy atom. The molecule has 1 heteroatoms. The maximum atomic E-state index is 5.23. The first-order chi connectivity index (χ1) is 5.79. The molecule has 1 aliphatic heterocycles. The van der Waals surface area contributed by atoms with E-state index in [1.807, 2.05) is 25.2 Å². The smallest absolute Gasteiger partial charge is 0.133 e. The third-order valence-corrected chi connectivity index (χ3v) is 1.59. The molecule has 0 N–H and O–H groups in total. The highest BCUT2D eigenvalue weighted by molar-refractivity contribution is 5.50. The van der Waals surface area contributed by atoms with Crippen LogP contribution in [0.1, 0.15) is 6.92 Å². The first-order valence-electron chi connectivity index (χ1n) is 3.81. The number of allylic oxidation sites excluding steroid dienone is 6. The van der Waals surface area contributed by atoms with E-state index in [0.29, 0.717) is 0 Å². The van der Waals surface area contributed by atoms with Crippen molar-refractivity contribution in [1.29, 1.82) is 0 Å². The van der Waals surface area contributed by atoms with E-state index in [4.69, 9.17) is 4.74 Å². The fourth-order valence-electron chi connectivity index (χ4n) is 1.01. The Morgan fingerprint density at radius 1 is 1.50 bits per heavy atom. The fourth-order valence-corrected chi connectivity index (χ4v) is 1.01. The summed E-state index contributed by atoms with van der Waals surface area (Å²) < 4.78 is 5.23. The lowest BCUT2D eigenvalue weighted by Gasteiger charge is -2.12. The maximum absolute atomic E-state index is 5.23. The first-order valence-corrected chi connectivity index (χ1v) is 3.81. The number of ether oxygens (including phenoxy) is 1. The zero-order valence-electron chi connectivity index (χ0n) is 7.21. The second-order valence-electron chi connectivity index (χ2n) is 2.43. The average molecular weight is 160 g/mol. The summed E-state index contributed by atoms with van der Waals surface area (Å²) in [6.07, 6.45) is 9.05. The van der Waals surface area contributed by atoms with Crippen LogP contribution in [0, 0.1) is 0 Å². The zero-order chi connectivity index (χ0) is 8.97. The third-order valence-electron chi connectivity index (χ3n) is 1.59. The summed E-state index contributed by atoms with van der Waals surface area (Å²) in [7, 11) is 0. The molecule has 0 aromatic heterocycles. The Bertz CT molecular complexity index is 290. The minimum Gasteiger partial charge on any atom is -0.464 e. The topological polar surface area (TPSA) is 9.23 Å². The molecule has 0 saturated heterocycles. The van der Waals surface area contributed by atoms with Gasteiger partial charge in [0.15, 0.2) is 0 Å². The number of rotatable bonds is 2. The van der Waals surface area contributed by atoms with Crippen molar-refractivity contribution in [3.63, 3.8) is 0 Å². The Hall–Kier alpha value is -1.50. The van der Waals surface area contributed by atoms with Gasteiger partial charge in [-0.05, 0) is 24.6 Å². The molecule has 1 heterocycles. The second-order valence-corrected chi connectivity index (χ2v) is 2.43. The molecule has 0 amide bonds. The van der Waals surface area contributed by atoms with Gasteiger partial charge in [-0.1, -0.05) is 25.3 Å². The van der Waals surface area contributed by atoms with Crippen LogP contribution in [-0.2, 0) is 4.74 Å². The van der Waals surface area contributed by atoms with E-state index in [9.17, 15) is 0 Å². The molecule has 1 aliphatic rings. The average Bonchev–Trinajstić information content (AvgIpc) is 2.09. The molecule has 0 radical (unpaired) electrons. The lowest BCUT2D eigenvalue weighted by Crippen LogP contribution is -1.95. The van der Waals surface area contributed by atoms with Crippen molar-refractivity contribution in [3.8, 4) is 0 Å². The van der Waals surface area contributed by atoms with Crippen molar-refractivity contribution in [2.45, 2.75) is 6.92 Å². The Morgan fingerprint density at radius 2 is 2.25 bits per heavy atom. The zero-order valence-corrected chi connectivity index (χ0v) is 7.21. The van der Waals surface area contributed by atoms with Crippen LogP contribution in [0.15, 0.2) is 60.6 Å². The molecule has 0 atom stereocenters. The molecular formula is C11H12O. The monoisotopic (exact) mass is 160 g/mol. The van der Waals surface area contributed by atoms with Gasteiger partial charge in [-0.15, -0.1) is 0 Å². The summed E-state index contributed by atoms with van der Waals surface area (Å²) in [4.78, 5) is 0. The molecule has 0 aliphatic carbocycles. The van der Waals surface area contributed by atoms with Crippen LogP contribution in [0.3, 0.4) is 0 Å². The lowest BCUT2D eigenvalue weighted by molar-refractivity contribution is 0.360. The highest BCUT2D eigenvalue weighted by atomic mass is 16.5. The van der Waals surface area contributed by atoms with Gasteiger partial charge >= 0.3 is 0 Å². The standard InChI is InChI=1S/C11H12O/c1-4-6-10-9(3)7-8-12-11(10)5-2/h4-8H,2-3H2,1H3/b6-4-. The van der Waals surface area contributed by atoms with Crippen LogP contribution in [0.2, 0.25) is 0 Å². The summed E-state index contributed by atoms with van der Waals surface area (Å²) in [5.74, 6) is 0.764. The molecule has 0 fully saturated rings. The fraction of sp³-hybridized carbons (Fsp3) is 0.0909. The Kier molecular flexibility index (Phi) is 2.70. The van der Waals surface area contributed by atoms with Gasteiger partial charge in [0.1, 0.15) is 5.76 Å². The largest absolute Gasteiger partial charge is 0.464 e. The normalized spacial score (nSPS) is 16.9. The molecule has 0 spiro atoms. The highest BCUT2D eigenvalue weighted by Crippen LogP contribution is 2.22. The van der Waals surface area contributed by atoms with Gasteiger partial charge in [0.05, 0.1) is 6.26 Å². The molecule has 0 unspecified atom stereocenters. The molecule has 0 bridgehead atoms. The maximum Gasteiger partial charge on any atom is 0.133 e. The van der Waals surface area contributed by atoms with Gasteiger partial charge in [0, 0.05) is 5.57 Å². The van der Waals surface area contributed by atoms with Gasteiger partial charge in [-0.2, -0.15) is 0 Å². The van der Waals surface area contributed by atoms with Crippen LogP contribution in [0.4, 0.5) is 0 Å². The van der Waals surface area contributed by atoms with E-state index in [1.165, 1.54) is 0 Å². The molecule has 1 nitrogen and oxygen atoms in total. The summed E-state index contributed by atoms with van der Waals surface area (Å²) in [6, 6.07) is 0. The van der Waals surface area contributed by atoms with Crippen LogP contribution in [0.5, 0.6) is 0 Å². The van der Waals surface area contributed by atoms with E-state index in [0.717, 1.165) is 16.9 Å². The SMILES string of the molecule is C=CC1=C(/C=C\C)C(=C)C=CO1. The van der Waals surface area contributed by atoms with Crippen molar-refractivity contribution < 1.29 is 4.74 Å². The van der Waals surface area contributed by atoms with E-state index in [-0.39, 0.29) is 0 Å². The minimum atomic E-state index is 0.764. The van der Waals surface area contributed by atoms with Gasteiger partial charge in [0.25, 0.3) is 0 Å². The van der Waals surface area contributed by atoms with Crippen LogP contribution >= 0.6 is 0 Å². The summed E-state index contributed by atoms with van der Waals surface area (Å²) >= 11 is 0. The third kappa shape index (κ3) is 1.56. The minimum absolute atomic E-state index is 0.764. The predicted octanol–water partition coefficient (Wildman–Crippen LogP) is 3.10. The van der Waals surface area contributed by atoms with Crippen LogP contribution in [-0.4, -0.2) is 0 Å². The van der Waals surface area contributed by atoms with Gasteiger partial charge in [-0.3, -0.25) is 0 Å². The molecule has 0 aromatic carbocycles. The van der Waals surface area contributed by atoms with E-state index >= 15 is 0 Å². The summed E-state index contributed by atoms with van der Waals surface area (Å²) in [5.41, 5.74) is 1.95. The van der Waals surface area contributed by atoms with Crippen molar-refractivity contribution >= 4 is 0 Å². The quantitative estimate of drug-likeness (QED) is 0.603. The second kappa shape index (κ2) is 3.77. The van der Waals surface area contributed by atoms with Crippen molar-refractivity contribution in [2.75, 3.05) is 0 Å². The van der Waals surface area contributed by atoms with Gasteiger partial charge < -0.3 is 4.74 Å². The van der Waals surface area contributed by atoms with Crippen LogP contribution in [0.25, 0.3) is 0 Å². The van der Waals surface area contributed by atoms with E-state index in [2.05, 4.69) is 13.2 Å². The molecule has 0 aromatic rings. The molecule has 12 heavy (non-hydrogen) atoms. The Balaban J connectivity index is 3.06. The summed E-state index contributed by atoms with van der Waals surface area (Å²) in [6.45, 7) is 9.51.